The van der Waals surface area contributed by atoms with Gasteiger partial charge in [0, 0.05) is 38.7 Å². The Bertz CT molecular complexity index is 662. The molecular weight excluding hydrogens is 380 g/mol. The molecule has 0 spiro atoms. The van der Waals surface area contributed by atoms with E-state index in [4.69, 9.17) is 9.47 Å². The minimum Gasteiger partial charge on any atom is -0.444 e. The molecule has 0 radical (unpaired) electrons. The van der Waals surface area contributed by atoms with Crippen LogP contribution in [0, 0.1) is 0 Å². The lowest BCUT2D eigenvalue weighted by Crippen LogP contribution is -2.52. The highest BCUT2D eigenvalue weighted by atomic mass is 16.6. The van der Waals surface area contributed by atoms with Gasteiger partial charge in [0.1, 0.15) is 5.60 Å². The van der Waals surface area contributed by atoms with Gasteiger partial charge in [-0.3, -0.25) is 4.79 Å². The number of ketones is 1. The van der Waals surface area contributed by atoms with Crippen LogP contribution in [0.1, 0.15) is 69.7 Å². The molecule has 30 heavy (non-hydrogen) atoms. The number of methoxy groups -OCH3 is 1. The number of piperidine rings is 1. The molecule has 0 unspecified atom stereocenters. The zero-order chi connectivity index (χ0) is 22.0. The topological polar surface area (TPSA) is 67.9 Å². The lowest BCUT2D eigenvalue weighted by molar-refractivity contribution is -0.0563. The van der Waals surface area contributed by atoms with Gasteiger partial charge in [0.15, 0.2) is 5.78 Å². The third-order valence-electron chi connectivity index (χ3n) is 5.63. The van der Waals surface area contributed by atoms with Crippen LogP contribution < -0.4 is 5.32 Å². The van der Waals surface area contributed by atoms with Gasteiger partial charge < -0.3 is 19.7 Å². The van der Waals surface area contributed by atoms with Crippen LogP contribution in [0.4, 0.5) is 4.79 Å². The van der Waals surface area contributed by atoms with Crippen LogP contribution in [0.25, 0.3) is 0 Å². The first-order valence-electron chi connectivity index (χ1n) is 11.1. The number of amides is 1. The molecule has 6 nitrogen and oxygen atoms in total. The third-order valence-corrected chi connectivity index (χ3v) is 5.63. The van der Waals surface area contributed by atoms with E-state index in [2.05, 4.69) is 10.2 Å². The number of rotatable bonds is 10. The molecule has 1 aromatic carbocycles. The van der Waals surface area contributed by atoms with Crippen LogP contribution in [0.2, 0.25) is 0 Å². The molecule has 2 rings (SSSR count). The van der Waals surface area contributed by atoms with Crippen molar-refractivity contribution < 1.29 is 19.1 Å². The second-order valence-corrected chi connectivity index (χ2v) is 9.18. The van der Waals surface area contributed by atoms with Gasteiger partial charge in [-0.25, -0.2) is 4.79 Å². The summed E-state index contributed by atoms with van der Waals surface area (Å²) in [6.07, 6.45) is 5.07. The van der Waals surface area contributed by atoms with E-state index < -0.39 is 11.7 Å². The molecule has 1 saturated heterocycles. The number of hydrogen-bond donors (Lipinski definition) is 1. The second-order valence-electron chi connectivity index (χ2n) is 9.18. The van der Waals surface area contributed by atoms with E-state index in [1.165, 1.54) is 0 Å². The maximum Gasteiger partial charge on any atom is 0.407 e. The molecule has 6 heteroatoms. The lowest BCUT2D eigenvalue weighted by atomic mass is 9.90. The fourth-order valence-electron chi connectivity index (χ4n) is 3.75. The Kier molecular flexibility index (Phi) is 9.31. The summed E-state index contributed by atoms with van der Waals surface area (Å²) in [4.78, 5) is 26.5. The molecule has 1 aliphatic rings. The average molecular weight is 419 g/mol. The van der Waals surface area contributed by atoms with Crippen molar-refractivity contribution in [2.45, 2.75) is 70.5 Å². The smallest absolute Gasteiger partial charge is 0.407 e. The second kappa shape index (κ2) is 11.5. The summed E-state index contributed by atoms with van der Waals surface area (Å²) in [6, 6.07) is 9.52. The zero-order valence-corrected chi connectivity index (χ0v) is 19.0. The van der Waals surface area contributed by atoms with Gasteiger partial charge >= 0.3 is 6.09 Å². The first-order chi connectivity index (χ1) is 14.2. The molecule has 0 atom stereocenters. The Morgan fingerprint density at radius 2 is 1.73 bits per heavy atom. The Balaban J connectivity index is 1.62. The van der Waals surface area contributed by atoms with Gasteiger partial charge in [-0.05, 0) is 53.0 Å². The van der Waals surface area contributed by atoms with E-state index in [0.29, 0.717) is 13.0 Å². The van der Waals surface area contributed by atoms with Crippen molar-refractivity contribution in [1.29, 1.82) is 0 Å². The maximum absolute atomic E-state index is 12.1. The van der Waals surface area contributed by atoms with Crippen molar-refractivity contribution in [2.24, 2.45) is 0 Å². The fraction of sp³-hybridized carbons (Fsp3) is 0.667. The van der Waals surface area contributed by atoms with Crippen molar-refractivity contribution in [3.8, 4) is 0 Å². The molecule has 0 bridgehead atoms. The largest absolute Gasteiger partial charge is 0.444 e. The molecule has 0 saturated carbocycles. The van der Waals surface area contributed by atoms with Crippen molar-refractivity contribution in [3.05, 3.63) is 35.9 Å². The van der Waals surface area contributed by atoms with Crippen LogP contribution in [0.5, 0.6) is 0 Å². The molecule has 1 amide bonds. The van der Waals surface area contributed by atoms with Gasteiger partial charge in [0.25, 0.3) is 0 Å². The van der Waals surface area contributed by atoms with E-state index in [9.17, 15) is 9.59 Å². The number of hydrogen-bond acceptors (Lipinski definition) is 5. The summed E-state index contributed by atoms with van der Waals surface area (Å²) in [5, 5.41) is 2.86. The normalized spacial score (nSPS) is 16.8. The number of nitrogens with zero attached hydrogens (tertiary/aromatic N) is 1. The van der Waals surface area contributed by atoms with Gasteiger partial charge in [-0.15, -0.1) is 0 Å². The molecule has 1 fully saturated rings. The van der Waals surface area contributed by atoms with Gasteiger partial charge in [-0.2, -0.15) is 0 Å². The van der Waals surface area contributed by atoms with E-state index in [1.807, 2.05) is 51.1 Å². The first-order valence-corrected chi connectivity index (χ1v) is 11.1. The number of benzene rings is 1. The lowest BCUT2D eigenvalue weighted by Gasteiger charge is -2.41. The highest BCUT2D eigenvalue weighted by Crippen LogP contribution is 2.25. The number of alkyl carbamates (subject to hydrolysis) is 1. The van der Waals surface area contributed by atoms with E-state index in [0.717, 1.165) is 57.3 Å². The number of ether oxygens (including phenoxy) is 2. The Morgan fingerprint density at radius 3 is 2.33 bits per heavy atom. The highest BCUT2D eigenvalue weighted by Gasteiger charge is 2.35. The minimum atomic E-state index is -0.501. The summed E-state index contributed by atoms with van der Waals surface area (Å²) in [5.74, 6) is 0.232. The zero-order valence-electron chi connectivity index (χ0n) is 19.0. The highest BCUT2D eigenvalue weighted by molar-refractivity contribution is 5.95. The molecule has 1 N–H and O–H groups in total. The Morgan fingerprint density at radius 1 is 1.07 bits per heavy atom. The number of Topliss-reactive ketones (excluding diaryl/α,β-unsaturated/α-hetero) is 1. The van der Waals surface area contributed by atoms with Crippen LogP contribution in [-0.2, 0) is 9.47 Å². The first kappa shape index (κ1) is 24.4. The number of likely N-dealkylation sites (tertiary alicyclic amines) is 1. The monoisotopic (exact) mass is 418 g/mol. The summed E-state index contributed by atoms with van der Waals surface area (Å²) >= 11 is 0. The number of nitrogens with one attached hydrogen (secondary N) is 1. The number of carbonyl (C=O) groups is 2. The molecular formula is C24H38N2O4. The quantitative estimate of drug-likeness (QED) is 0.450. The molecule has 0 aliphatic carbocycles. The van der Waals surface area contributed by atoms with Gasteiger partial charge in [-0.1, -0.05) is 36.8 Å². The predicted octanol–water partition coefficient (Wildman–Crippen LogP) is 4.44. The number of carbonyl (C=O) groups excluding carboxylic acids is 2. The fourth-order valence-corrected chi connectivity index (χ4v) is 3.75. The summed E-state index contributed by atoms with van der Waals surface area (Å²) in [5.41, 5.74) is -0.0149. The maximum atomic E-state index is 12.1. The van der Waals surface area contributed by atoms with Crippen LogP contribution in [-0.4, -0.2) is 61.3 Å². The van der Waals surface area contributed by atoms with Gasteiger partial charge in [0.2, 0.25) is 0 Å². The van der Waals surface area contributed by atoms with E-state index in [-0.39, 0.29) is 11.4 Å². The van der Waals surface area contributed by atoms with Crippen molar-refractivity contribution in [2.75, 3.05) is 33.3 Å². The summed E-state index contributed by atoms with van der Waals surface area (Å²) in [6.45, 7) is 8.98. The Hall–Kier alpha value is -1.92. The van der Waals surface area contributed by atoms with E-state index in [1.54, 1.807) is 7.11 Å². The van der Waals surface area contributed by atoms with Crippen molar-refractivity contribution >= 4 is 11.9 Å². The standard InChI is InChI=1S/C24H38N2O4/c1-23(2,3)30-22(28)25-19-24(29-4)14-17-26(18-15-24)16-10-6-9-13-21(27)20-11-7-5-8-12-20/h5,7-8,11-12H,6,9-10,13-19H2,1-4H3,(H,25,28). The molecule has 168 valence electrons. The Labute approximate surface area is 181 Å². The third kappa shape index (κ3) is 8.44. The predicted molar refractivity (Wildman–Crippen MR) is 119 cm³/mol. The van der Waals surface area contributed by atoms with Crippen LogP contribution in [0.3, 0.4) is 0 Å². The summed E-state index contributed by atoms with van der Waals surface area (Å²) < 4.78 is 11.1. The van der Waals surface area contributed by atoms with E-state index >= 15 is 0 Å². The molecule has 1 aromatic rings. The van der Waals surface area contributed by atoms with Crippen LogP contribution in [0.15, 0.2) is 30.3 Å². The van der Waals surface area contributed by atoms with Crippen molar-refractivity contribution in [3.63, 3.8) is 0 Å². The van der Waals surface area contributed by atoms with Gasteiger partial charge in [0.05, 0.1) is 5.60 Å². The summed E-state index contributed by atoms with van der Waals surface area (Å²) in [7, 11) is 1.72. The molecule has 1 aliphatic heterocycles. The molecule has 0 aromatic heterocycles. The van der Waals surface area contributed by atoms with Crippen molar-refractivity contribution in [1.82, 2.24) is 10.2 Å². The minimum absolute atomic E-state index is 0.232. The average Bonchev–Trinajstić information content (AvgIpc) is 2.72. The van der Waals surface area contributed by atoms with Crippen LogP contribution >= 0.6 is 0 Å². The molecule has 1 heterocycles. The number of unbranched alkanes of at least 4 members (excludes halogenated alkanes) is 2. The SMILES string of the molecule is COC1(CNC(=O)OC(C)(C)C)CCN(CCCCCC(=O)c2ccccc2)CC1.